The Balaban J connectivity index is 1.54. The summed E-state index contributed by atoms with van der Waals surface area (Å²) in [4.78, 5) is 13.0. The molecule has 186 valence electrons. The fourth-order valence-electron chi connectivity index (χ4n) is 4.84. The van der Waals surface area contributed by atoms with Gasteiger partial charge in [0.2, 0.25) is 5.91 Å². The van der Waals surface area contributed by atoms with E-state index in [4.69, 9.17) is 0 Å². The van der Waals surface area contributed by atoms with E-state index >= 15 is 0 Å². The number of nitrogens with zero attached hydrogens (tertiary/aromatic N) is 2. The summed E-state index contributed by atoms with van der Waals surface area (Å²) in [6.45, 7) is 0. The highest BCUT2D eigenvalue weighted by molar-refractivity contribution is 5.93. The number of amides is 1. The number of benzene rings is 2. The molecule has 2 aromatic carbocycles. The van der Waals surface area contributed by atoms with E-state index in [9.17, 15) is 32.6 Å². The van der Waals surface area contributed by atoms with Crippen molar-refractivity contribution in [2.75, 3.05) is 5.32 Å². The number of aliphatic hydroxyl groups excluding tert-OH is 1. The molecule has 10 heteroatoms. The highest BCUT2D eigenvalue weighted by Gasteiger charge is 2.42. The Kier molecular flexibility index (Phi) is 6.95. The molecule has 0 bridgehead atoms. The van der Waals surface area contributed by atoms with Gasteiger partial charge in [0.05, 0.1) is 17.4 Å². The molecule has 0 saturated heterocycles. The third-order valence-corrected chi connectivity index (χ3v) is 6.57. The van der Waals surface area contributed by atoms with Crippen LogP contribution in [0.3, 0.4) is 0 Å². The number of aromatic nitrogens is 2. The van der Waals surface area contributed by atoms with Crippen LogP contribution < -0.4 is 5.32 Å². The first-order chi connectivity index (χ1) is 16.5. The summed E-state index contributed by atoms with van der Waals surface area (Å²) in [6.07, 6.45) is -1.35. The Morgan fingerprint density at radius 1 is 1.11 bits per heavy atom. The average Bonchev–Trinajstić information content (AvgIpc) is 3.25. The molecule has 4 rings (SSSR count). The third kappa shape index (κ3) is 5.38. The van der Waals surface area contributed by atoms with Crippen molar-refractivity contribution in [3.05, 3.63) is 71.8 Å². The average molecular weight is 491 g/mol. The molecule has 3 atom stereocenters. The molecule has 1 heterocycles. The van der Waals surface area contributed by atoms with E-state index in [0.29, 0.717) is 31.4 Å². The lowest BCUT2D eigenvalue weighted by Crippen LogP contribution is -2.42. The van der Waals surface area contributed by atoms with Crippen LogP contribution in [0.5, 0.6) is 0 Å². The van der Waals surface area contributed by atoms with Crippen LogP contribution in [-0.4, -0.2) is 32.2 Å². The predicted octanol–water partition coefficient (Wildman–Crippen LogP) is 4.69. The second-order valence-electron chi connectivity index (χ2n) is 8.84. The zero-order valence-electron chi connectivity index (χ0n) is 18.8. The molecule has 0 aliphatic heterocycles. The Morgan fingerprint density at radius 3 is 2.40 bits per heavy atom. The quantitative estimate of drug-likeness (QED) is 0.357. The second-order valence-corrected chi connectivity index (χ2v) is 8.84. The van der Waals surface area contributed by atoms with Gasteiger partial charge >= 0.3 is 6.18 Å². The smallest absolute Gasteiger partial charge is 0.368 e. The molecule has 1 aromatic heterocycles. The van der Waals surface area contributed by atoms with Gasteiger partial charge in [-0.1, -0.05) is 30.7 Å². The second kappa shape index (κ2) is 9.79. The standard InChI is InChI=1S/C25H25F4N3O3/c1-32-13-16(12-30-32)14-5-7-15(8-6-14)18-3-2-4-19(22(18)24(34)35)23(33)31-21-10-9-17(11-20(21)26)25(27,28)29/h5-13,18-19,22,24,34-35H,2-4H2,1H3,(H,31,33)/t18-,19-,22-/m1/s1. The number of carbonyl (C=O) groups excluding carboxylic acids is 1. The van der Waals surface area contributed by atoms with E-state index < -0.39 is 47.3 Å². The van der Waals surface area contributed by atoms with E-state index in [0.717, 1.165) is 22.8 Å². The number of alkyl halides is 3. The minimum Gasteiger partial charge on any atom is -0.368 e. The van der Waals surface area contributed by atoms with Gasteiger partial charge in [0, 0.05) is 30.6 Å². The zero-order valence-corrected chi connectivity index (χ0v) is 18.8. The molecule has 0 spiro atoms. The SMILES string of the molecule is Cn1cc(-c2ccc([C@H]3CCC[C@@H](C(=O)Nc4ccc(C(F)(F)F)cc4F)[C@@H]3C(O)O)cc2)cn1. The minimum atomic E-state index is -4.71. The first-order valence-electron chi connectivity index (χ1n) is 11.2. The van der Waals surface area contributed by atoms with Crippen LogP contribution in [0.25, 0.3) is 11.1 Å². The number of halogens is 4. The molecule has 0 radical (unpaired) electrons. The van der Waals surface area contributed by atoms with E-state index in [1.165, 1.54) is 0 Å². The Morgan fingerprint density at radius 2 is 1.83 bits per heavy atom. The lowest BCUT2D eigenvalue weighted by atomic mass is 9.68. The van der Waals surface area contributed by atoms with Crippen molar-refractivity contribution in [1.29, 1.82) is 0 Å². The van der Waals surface area contributed by atoms with Crippen LogP contribution in [-0.2, 0) is 18.0 Å². The van der Waals surface area contributed by atoms with E-state index in [1.54, 1.807) is 10.9 Å². The normalized spacial score (nSPS) is 20.7. The summed E-state index contributed by atoms with van der Waals surface area (Å²) in [7, 11) is 1.81. The third-order valence-electron chi connectivity index (χ3n) is 6.57. The maximum Gasteiger partial charge on any atom is 0.416 e. The molecular formula is C25H25F4N3O3. The number of anilines is 1. The predicted molar refractivity (Wildman–Crippen MR) is 120 cm³/mol. The molecule has 1 fully saturated rings. The van der Waals surface area contributed by atoms with Gasteiger partial charge in [-0.15, -0.1) is 0 Å². The van der Waals surface area contributed by atoms with Gasteiger partial charge in [0.15, 0.2) is 6.29 Å². The zero-order chi connectivity index (χ0) is 25.3. The topological polar surface area (TPSA) is 87.4 Å². The molecule has 6 nitrogen and oxygen atoms in total. The van der Waals surface area contributed by atoms with Gasteiger partial charge in [0.25, 0.3) is 0 Å². The van der Waals surface area contributed by atoms with Crippen molar-refractivity contribution in [2.45, 2.75) is 37.6 Å². The maximum atomic E-state index is 14.3. The van der Waals surface area contributed by atoms with Crippen molar-refractivity contribution in [2.24, 2.45) is 18.9 Å². The van der Waals surface area contributed by atoms with E-state index in [1.807, 2.05) is 37.5 Å². The molecule has 0 unspecified atom stereocenters. The maximum absolute atomic E-state index is 14.3. The van der Waals surface area contributed by atoms with Crippen LogP contribution in [0.2, 0.25) is 0 Å². The molecule has 1 saturated carbocycles. The van der Waals surface area contributed by atoms with Crippen molar-refractivity contribution < 1.29 is 32.6 Å². The number of hydrogen-bond donors (Lipinski definition) is 3. The minimum absolute atomic E-state index is 0.321. The monoisotopic (exact) mass is 491 g/mol. The van der Waals surface area contributed by atoms with Gasteiger partial charge in [-0.05, 0) is 48.1 Å². The Hall–Kier alpha value is -3.24. The summed E-state index contributed by atoms with van der Waals surface area (Å²) in [5.41, 5.74) is 1.14. The number of hydrogen-bond acceptors (Lipinski definition) is 4. The molecule has 1 aliphatic carbocycles. The van der Waals surface area contributed by atoms with Gasteiger partial charge in [-0.25, -0.2) is 4.39 Å². The van der Waals surface area contributed by atoms with Gasteiger partial charge < -0.3 is 15.5 Å². The molecule has 1 amide bonds. The van der Waals surface area contributed by atoms with Crippen molar-refractivity contribution in [1.82, 2.24) is 9.78 Å². The lowest BCUT2D eigenvalue weighted by Gasteiger charge is -2.38. The first-order valence-corrected chi connectivity index (χ1v) is 11.2. The van der Waals surface area contributed by atoms with Crippen molar-refractivity contribution in [3.63, 3.8) is 0 Å². The highest BCUT2D eigenvalue weighted by Crippen LogP contribution is 2.44. The van der Waals surface area contributed by atoms with Crippen LogP contribution in [0.4, 0.5) is 23.2 Å². The van der Waals surface area contributed by atoms with Crippen LogP contribution in [0, 0.1) is 17.7 Å². The Labute approximate surface area is 199 Å². The molecule has 3 N–H and O–H groups in total. The molecule has 3 aromatic rings. The summed E-state index contributed by atoms with van der Waals surface area (Å²) in [5, 5.41) is 26.8. The number of rotatable bonds is 5. The van der Waals surface area contributed by atoms with Crippen LogP contribution in [0.1, 0.15) is 36.3 Å². The van der Waals surface area contributed by atoms with Crippen LogP contribution in [0.15, 0.2) is 54.9 Å². The highest BCUT2D eigenvalue weighted by atomic mass is 19.4. The summed E-state index contributed by atoms with van der Waals surface area (Å²) in [5.74, 6) is -3.97. The number of nitrogens with one attached hydrogen (secondary N) is 1. The van der Waals surface area contributed by atoms with Crippen molar-refractivity contribution in [3.8, 4) is 11.1 Å². The molecule has 1 aliphatic rings. The Bertz CT molecular complexity index is 1190. The summed E-state index contributed by atoms with van der Waals surface area (Å²) >= 11 is 0. The van der Waals surface area contributed by atoms with Crippen molar-refractivity contribution >= 4 is 11.6 Å². The number of aryl methyl sites for hydroxylation is 1. The largest absolute Gasteiger partial charge is 0.416 e. The summed E-state index contributed by atoms with van der Waals surface area (Å²) < 4.78 is 54.4. The summed E-state index contributed by atoms with van der Waals surface area (Å²) in [6, 6.07) is 9.41. The molecule has 35 heavy (non-hydrogen) atoms. The fraction of sp³-hybridized carbons (Fsp3) is 0.360. The lowest BCUT2D eigenvalue weighted by molar-refractivity contribution is -0.141. The van der Waals surface area contributed by atoms with E-state index in [-0.39, 0.29) is 5.92 Å². The van der Waals surface area contributed by atoms with E-state index in [2.05, 4.69) is 10.4 Å². The fourth-order valence-corrected chi connectivity index (χ4v) is 4.84. The van der Waals surface area contributed by atoms with Gasteiger partial charge in [-0.2, -0.15) is 18.3 Å². The molecular weight excluding hydrogens is 466 g/mol. The van der Waals surface area contributed by atoms with Gasteiger partial charge in [0.1, 0.15) is 5.82 Å². The van der Waals surface area contributed by atoms with Gasteiger partial charge in [-0.3, -0.25) is 9.48 Å². The number of carbonyl (C=O) groups is 1. The first kappa shape index (κ1) is 24.9. The van der Waals surface area contributed by atoms with Crippen LogP contribution >= 0.6 is 0 Å². The number of aliphatic hydroxyl groups is 2.